The van der Waals surface area contributed by atoms with Crippen LogP contribution >= 0.6 is 70.6 Å². The van der Waals surface area contributed by atoms with Gasteiger partial charge in [0.25, 0.3) is 0 Å². The Balaban J connectivity index is 1.44. The minimum atomic E-state index is -0.560. The molecule has 3 atom stereocenters. The Kier molecular flexibility index (Phi) is 17.1. The van der Waals surface area contributed by atoms with Crippen molar-refractivity contribution in [2.75, 3.05) is 46.9 Å². The molecular weight excluding hydrogens is 657 g/mol. The Labute approximate surface area is 273 Å². The Morgan fingerprint density at radius 1 is 0.929 bits per heavy atom. The van der Waals surface area contributed by atoms with Gasteiger partial charge in [-0.1, -0.05) is 25.3 Å². The van der Waals surface area contributed by atoms with E-state index < -0.39 is 35.6 Å². The van der Waals surface area contributed by atoms with Crippen molar-refractivity contribution in [3.8, 4) is 0 Å². The summed E-state index contributed by atoms with van der Waals surface area (Å²) in [4.78, 5) is 47.3. The molecule has 0 aromatic heterocycles. The molecule has 3 rings (SSSR count). The van der Waals surface area contributed by atoms with E-state index in [9.17, 15) is 14.4 Å². The normalized spacial score (nSPS) is 17.7. The predicted octanol–water partition coefficient (Wildman–Crippen LogP) is 5.91. The van der Waals surface area contributed by atoms with Crippen LogP contribution < -0.4 is 0 Å². The molecule has 2 heterocycles. The summed E-state index contributed by atoms with van der Waals surface area (Å²) in [5, 5.41) is 0. The average molecular weight is 693 g/mol. The number of benzene rings is 1. The van der Waals surface area contributed by atoms with Gasteiger partial charge in [0.2, 0.25) is 0 Å². The molecule has 2 saturated heterocycles. The number of esters is 3. The lowest BCUT2D eigenvalue weighted by Gasteiger charge is -2.23. The van der Waals surface area contributed by atoms with Crippen LogP contribution in [-0.4, -0.2) is 91.6 Å². The van der Waals surface area contributed by atoms with E-state index in [1.807, 2.05) is 47.0 Å². The van der Waals surface area contributed by atoms with E-state index in [0.717, 1.165) is 52.2 Å². The monoisotopic (exact) mass is 692 g/mol. The molecule has 8 nitrogen and oxygen atoms in total. The van der Waals surface area contributed by atoms with Crippen LogP contribution in [0.25, 0.3) is 0 Å². The Hall–Kier alpha value is -0.870. The van der Waals surface area contributed by atoms with Crippen LogP contribution in [0.1, 0.15) is 22.8 Å². The molecule has 14 heteroatoms. The highest BCUT2D eigenvalue weighted by atomic mass is 32.2. The van der Waals surface area contributed by atoms with Crippen LogP contribution in [0, 0.1) is 0 Å². The molecule has 0 amide bonds. The Bertz CT molecular complexity index is 1010. The summed E-state index contributed by atoms with van der Waals surface area (Å²) in [7, 11) is 0. The van der Waals surface area contributed by atoms with Gasteiger partial charge in [0.15, 0.2) is 5.44 Å². The maximum atomic E-state index is 12.7. The third-order valence-electron chi connectivity index (χ3n) is 5.62. The van der Waals surface area contributed by atoms with Gasteiger partial charge in [-0.15, -0.1) is 58.8 Å². The summed E-state index contributed by atoms with van der Waals surface area (Å²) in [6, 6.07) is 6.78. The first-order chi connectivity index (χ1) is 20.4. The number of carbonyl (C=O) groups excluding carboxylic acids is 3. The SMILES string of the molecule is C=CC(=O)OC(COC(=O)c1ccc(COOC(SCC2SCCS2)C(C)OC(=O)C=C)cc1)CSCC1SCCS1. The maximum absolute atomic E-state index is 12.7. The van der Waals surface area contributed by atoms with E-state index in [-0.39, 0.29) is 13.2 Å². The van der Waals surface area contributed by atoms with Crippen molar-refractivity contribution >= 4 is 88.5 Å². The van der Waals surface area contributed by atoms with Crippen LogP contribution in [0.4, 0.5) is 0 Å². The summed E-state index contributed by atoms with van der Waals surface area (Å²) in [6.45, 7) is 8.74. The minimum Gasteiger partial charge on any atom is -0.458 e. The second kappa shape index (κ2) is 20.2. The van der Waals surface area contributed by atoms with E-state index in [0.29, 0.717) is 20.5 Å². The molecule has 2 aliphatic rings. The van der Waals surface area contributed by atoms with Crippen molar-refractivity contribution in [1.82, 2.24) is 0 Å². The number of ether oxygens (including phenoxy) is 3. The molecule has 0 spiro atoms. The van der Waals surface area contributed by atoms with Crippen molar-refractivity contribution in [1.29, 1.82) is 0 Å². The molecule has 0 radical (unpaired) electrons. The van der Waals surface area contributed by atoms with Crippen molar-refractivity contribution in [2.45, 2.75) is 40.3 Å². The van der Waals surface area contributed by atoms with E-state index >= 15 is 0 Å². The second-order valence-electron chi connectivity index (χ2n) is 8.84. The molecule has 0 bridgehead atoms. The van der Waals surface area contributed by atoms with Crippen molar-refractivity contribution in [3.63, 3.8) is 0 Å². The minimum absolute atomic E-state index is 0.0411. The van der Waals surface area contributed by atoms with Crippen LogP contribution in [0.15, 0.2) is 49.6 Å². The molecule has 232 valence electrons. The topological polar surface area (TPSA) is 97.4 Å². The fraction of sp³-hybridized carbons (Fsp3) is 0.536. The molecule has 1 aromatic rings. The van der Waals surface area contributed by atoms with Crippen LogP contribution in [-0.2, 0) is 40.2 Å². The van der Waals surface area contributed by atoms with Crippen molar-refractivity contribution in [3.05, 3.63) is 60.7 Å². The quantitative estimate of drug-likeness (QED) is 0.0429. The van der Waals surface area contributed by atoms with E-state index in [4.69, 9.17) is 24.0 Å². The first kappa shape index (κ1) is 35.6. The molecule has 2 aliphatic heterocycles. The molecule has 3 unspecified atom stereocenters. The number of hydrogen-bond acceptors (Lipinski definition) is 14. The Morgan fingerprint density at radius 2 is 1.52 bits per heavy atom. The summed E-state index contributed by atoms with van der Waals surface area (Å²) < 4.78 is 17.2. The maximum Gasteiger partial charge on any atom is 0.338 e. The first-order valence-corrected chi connectivity index (χ1v) is 19.6. The largest absolute Gasteiger partial charge is 0.458 e. The lowest BCUT2D eigenvalue weighted by atomic mass is 10.1. The third kappa shape index (κ3) is 13.4. The molecule has 0 aliphatic carbocycles. The van der Waals surface area contributed by atoms with Gasteiger partial charge in [0.1, 0.15) is 25.4 Å². The van der Waals surface area contributed by atoms with Crippen LogP contribution in [0.5, 0.6) is 0 Å². The van der Waals surface area contributed by atoms with Crippen molar-refractivity contribution < 1.29 is 38.4 Å². The van der Waals surface area contributed by atoms with Crippen LogP contribution in [0.2, 0.25) is 0 Å². The van der Waals surface area contributed by atoms with Gasteiger partial charge in [-0.05, 0) is 24.6 Å². The van der Waals surface area contributed by atoms with Gasteiger partial charge < -0.3 is 14.2 Å². The lowest BCUT2D eigenvalue weighted by molar-refractivity contribution is -0.323. The average Bonchev–Trinajstić information content (AvgIpc) is 3.72. The zero-order valence-corrected chi connectivity index (χ0v) is 28.2. The van der Waals surface area contributed by atoms with Gasteiger partial charge >= 0.3 is 17.9 Å². The number of rotatable bonds is 19. The predicted molar refractivity (Wildman–Crippen MR) is 179 cm³/mol. The fourth-order valence-corrected chi connectivity index (χ4v) is 12.1. The summed E-state index contributed by atoms with van der Waals surface area (Å²) in [5.41, 5.74) is 0.636. The third-order valence-corrected chi connectivity index (χ3v) is 15.0. The van der Waals surface area contributed by atoms with E-state index in [1.165, 1.54) is 0 Å². The summed E-state index contributed by atoms with van der Waals surface area (Å²) >= 11 is 10.9. The van der Waals surface area contributed by atoms with Crippen molar-refractivity contribution in [2.24, 2.45) is 0 Å². The van der Waals surface area contributed by atoms with Gasteiger partial charge in [0.05, 0.1) is 14.7 Å². The summed E-state index contributed by atoms with van der Waals surface area (Å²) in [5.74, 6) is 5.31. The number of thioether (sulfide) groups is 6. The first-order valence-electron chi connectivity index (χ1n) is 13.2. The van der Waals surface area contributed by atoms with Crippen LogP contribution in [0.3, 0.4) is 0 Å². The smallest absolute Gasteiger partial charge is 0.338 e. The molecule has 0 N–H and O–H groups in total. The highest BCUT2D eigenvalue weighted by Crippen LogP contribution is 2.36. The van der Waals surface area contributed by atoms with Gasteiger partial charge in [-0.3, -0.25) is 0 Å². The molecule has 2 fully saturated rings. The van der Waals surface area contributed by atoms with E-state index in [1.54, 1.807) is 54.7 Å². The fourth-order valence-electron chi connectivity index (χ4n) is 3.49. The zero-order valence-electron chi connectivity index (χ0n) is 23.3. The van der Waals surface area contributed by atoms with Gasteiger partial charge in [0, 0.05) is 52.4 Å². The molecule has 42 heavy (non-hydrogen) atoms. The summed E-state index contributed by atoms with van der Waals surface area (Å²) in [6.07, 6.45) is 1.13. The second-order valence-corrected chi connectivity index (χ2v) is 16.9. The molecule has 0 saturated carbocycles. The number of hydrogen-bond donors (Lipinski definition) is 0. The Morgan fingerprint density at radius 3 is 2.14 bits per heavy atom. The molecule has 1 aromatic carbocycles. The zero-order chi connectivity index (χ0) is 30.2. The number of carbonyl (C=O) groups is 3. The lowest BCUT2D eigenvalue weighted by Crippen LogP contribution is -2.29. The standard InChI is InChI=1S/C28H36O8S6/c1-4-23(29)34-19(3)28(42-18-26-40-12-13-41-26)36-33-14-20-6-8-21(9-7-20)27(31)32-15-22(35-24(30)5-2)16-37-17-25-38-10-11-39-25/h4-9,19,22,25-26,28H,1-2,10-18H2,3H3. The highest BCUT2D eigenvalue weighted by molar-refractivity contribution is 8.21. The highest BCUT2D eigenvalue weighted by Gasteiger charge is 2.26. The molecular formula is C28H36O8S6. The van der Waals surface area contributed by atoms with E-state index in [2.05, 4.69) is 13.2 Å². The van der Waals surface area contributed by atoms with Gasteiger partial charge in [-0.2, -0.15) is 11.8 Å². The van der Waals surface area contributed by atoms with Gasteiger partial charge in [-0.25, -0.2) is 24.2 Å².